The van der Waals surface area contributed by atoms with Crippen molar-refractivity contribution in [3.8, 4) is 0 Å². The number of nitrogens with zero attached hydrogens (tertiary/aromatic N) is 5. The van der Waals surface area contributed by atoms with Crippen LogP contribution in [0.5, 0.6) is 0 Å². The van der Waals surface area contributed by atoms with Crippen molar-refractivity contribution in [1.29, 1.82) is 0 Å². The van der Waals surface area contributed by atoms with Crippen LogP contribution in [-0.4, -0.2) is 41.3 Å². The minimum absolute atomic E-state index is 0.510. The fraction of sp³-hybridized carbons (Fsp3) is 0.233. The molecule has 0 aliphatic carbocycles. The molecule has 0 unspecified atom stereocenters. The molecule has 0 radical (unpaired) electrons. The van der Waals surface area contributed by atoms with Gasteiger partial charge in [0.25, 0.3) is 0 Å². The zero-order valence-electron chi connectivity index (χ0n) is 21.3. The number of thiocarbonyl (C=S) groups is 1. The zero-order valence-corrected chi connectivity index (χ0v) is 22.1. The SMILES string of the molecule is S=C(NCc1ccccc1)Nc1nc(N2CCN(c3ccccc3)CC2)cc(N2Cc3ccccc3C2)n1. The van der Waals surface area contributed by atoms with Crippen LogP contribution in [-0.2, 0) is 19.6 Å². The Balaban J connectivity index is 1.20. The summed E-state index contributed by atoms with van der Waals surface area (Å²) >= 11 is 5.60. The lowest BCUT2D eigenvalue weighted by Crippen LogP contribution is -2.47. The quantitative estimate of drug-likeness (QED) is 0.351. The van der Waals surface area contributed by atoms with Crippen LogP contribution in [0.15, 0.2) is 91.0 Å². The highest BCUT2D eigenvalue weighted by Gasteiger charge is 2.24. The second-order valence-electron chi connectivity index (χ2n) is 9.64. The monoisotopic (exact) mass is 521 g/mol. The zero-order chi connectivity index (χ0) is 25.7. The van der Waals surface area contributed by atoms with E-state index in [1.807, 2.05) is 18.2 Å². The highest BCUT2D eigenvalue weighted by molar-refractivity contribution is 7.80. The Morgan fingerprint density at radius 2 is 1.24 bits per heavy atom. The van der Waals surface area contributed by atoms with E-state index in [0.717, 1.165) is 56.5 Å². The van der Waals surface area contributed by atoms with Crippen LogP contribution in [0.2, 0.25) is 0 Å². The molecule has 6 rings (SSSR count). The normalized spacial score (nSPS) is 14.8. The van der Waals surface area contributed by atoms with Crippen LogP contribution < -0.4 is 25.3 Å². The fourth-order valence-corrected chi connectivity index (χ4v) is 5.22. The third kappa shape index (κ3) is 5.55. The van der Waals surface area contributed by atoms with Crippen LogP contribution >= 0.6 is 12.2 Å². The highest BCUT2D eigenvalue weighted by atomic mass is 32.1. The number of piperazine rings is 1. The number of nitrogens with one attached hydrogen (secondary N) is 2. The lowest BCUT2D eigenvalue weighted by Gasteiger charge is -2.37. The molecule has 2 aliphatic rings. The Bertz CT molecular complexity index is 1360. The molecule has 2 aliphatic heterocycles. The largest absolute Gasteiger partial charge is 0.368 e. The summed E-state index contributed by atoms with van der Waals surface area (Å²) in [5.41, 5.74) is 5.12. The lowest BCUT2D eigenvalue weighted by molar-refractivity contribution is 0.647. The van der Waals surface area contributed by atoms with E-state index < -0.39 is 0 Å². The summed E-state index contributed by atoms with van der Waals surface area (Å²) in [6, 6.07) is 31.5. The van der Waals surface area contributed by atoms with Crippen LogP contribution in [0.25, 0.3) is 0 Å². The topological polar surface area (TPSA) is 59.6 Å². The van der Waals surface area contributed by atoms with Crippen molar-refractivity contribution in [3.05, 3.63) is 108 Å². The number of hydrogen-bond donors (Lipinski definition) is 2. The van der Waals surface area contributed by atoms with Gasteiger partial charge in [-0.25, -0.2) is 0 Å². The Labute approximate surface area is 229 Å². The maximum absolute atomic E-state index is 5.60. The van der Waals surface area contributed by atoms with Gasteiger partial charge in [-0.05, 0) is 41.0 Å². The molecule has 4 aromatic rings. The van der Waals surface area contributed by atoms with Gasteiger partial charge in [0, 0.05) is 57.6 Å². The van der Waals surface area contributed by atoms with Crippen LogP contribution in [0, 0.1) is 0 Å². The first-order chi connectivity index (χ1) is 18.7. The Kier molecular flexibility index (Phi) is 7.04. The number of aromatic nitrogens is 2. The number of fused-ring (bicyclic) bond motifs is 1. The van der Waals surface area contributed by atoms with Gasteiger partial charge in [-0.3, -0.25) is 0 Å². The molecule has 192 valence electrons. The lowest BCUT2D eigenvalue weighted by atomic mass is 10.1. The molecule has 8 heteroatoms. The Hall–Kier alpha value is -4.17. The molecule has 3 heterocycles. The van der Waals surface area contributed by atoms with E-state index in [0.29, 0.717) is 17.6 Å². The van der Waals surface area contributed by atoms with Gasteiger partial charge in [0.05, 0.1) is 0 Å². The molecule has 1 aromatic heterocycles. The van der Waals surface area contributed by atoms with Crippen molar-refractivity contribution in [1.82, 2.24) is 15.3 Å². The number of benzene rings is 3. The molecule has 0 atom stereocenters. The van der Waals surface area contributed by atoms with Gasteiger partial charge in [-0.1, -0.05) is 72.8 Å². The molecular weight excluding hydrogens is 490 g/mol. The van der Waals surface area contributed by atoms with Gasteiger partial charge in [0.1, 0.15) is 11.6 Å². The average Bonchev–Trinajstić information content (AvgIpc) is 3.42. The third-order valence-electron chi connectivity index (χ3n) is 7.11. The number of para-hydroxylation sites is 1. The van der Waals surface area contributed by atoms with E-state index >= 15 is 0 Å². The van der Waals surface area contributed by atoms with Crippen molar-refractivity contribution < 1.29 is 0 Å². The standard InChI is InChI=1S/C30H31N7S/c38-30(31-20-23-9-3-1-4-10-23)34-29-32-27(36-17-15-35(16-18-36)26-13-5-2-6-14-26)19-28(33-29)37-21-24-11-7-8-12-25(24)22-37/h1-14,19H,15-18,20-22H2,(H2,31,32,33,34,38). The summed E-state index contributed by atoms with van der Waals surface area (Å²) in [5.74, 6) is 2.35. The smallest absolute Gasteiger partial charge is 0.232 e. The third-order valence-corrected chi connectivity index (χ3v) is 7.36. The Morgan fingerprint density at radius 1 is 0.684 bits per heavy atom. The van der Waals surface area contributed by atoms with E-state index in [1.54, 1.807) is 0 Å². The van der Waals surface area contributed by atoms with E-state index in [4.69, 9.17) is 22.2 Å². The van der Waals surface area contributed by atoms with Crippen molar-refractivity contribution in [3.63, 3.8) is 0 Å². The molecule has 2 N–H and O–H groups in total. The molecule has 0 amide bonds. The first-order valence-corrected chi connectivity index (χ1v) is 13.5. The summed E-state index contributed by atoms with van der Waals surface area (Å²) < 4.78 is 0. The van der Waals surface area contributed by atoms with Gasteiger partial charge >= 0.3 is 0 Å². The Morgan fingerprint density at radius 3 is 1.89 bits per heavy atom. The van der Waals surface area contributed by atoms with E-state index in [-0.39, 0.29) is 0 Å². The summed E-state index contributed by atoms with van der Waals surface area (Å²) in [4.78, 5) is 16.9. The molecule has 3 aromatic carbocycles. The van der Waals surface area contributed by atoms with Crippen LogP contribution in [0.1, 0.15) is 16.7 Å². The summed E-state index contributed by atoms with van der Waals surface area (Å²) in [7, 11) is 0. The maximum atomic E-state index is 5.60. The van der Waals surface area contributed by atoms with Gasteiger partial charge < -0.3 is 25.3 Å². The number of rotatable bonds is 6. The average molecular weight is 522 g/mol. The molecule has 38 heavy (non-hydrogen) atoms. The van der Waals surface area contributed by atoms with Crippen molar-refractivity contribution in [2.24, 2.45) is 0 Å². The molecule has 1 fully saturated rings. The van der Waals surface area contributed by atoms with Gasteiger partial charge in [0.15, 0.2) is 5.11 Å². The summed E-state index contributed by atoms with van der Waals surface area (Å²) in [6.45, 7) is 5.98. The van der Waals surface area contributed by atoms with Gasteiger partial charge in [-0.15, -0.1) is 0 Å². The van der Waals surface area contributed by atoms with E-state index in [9.17, 15) is 0 Å². The van der Waals surface area contributed by atoms with E-state index in [1.165, 1.54) is 16.8 Å². The molecule has 0 saturated carbocycles. The van der Waals surface area contributed by atoms with Gasteiger partial charge in [-0.2, -0.15) is 9.97 Å². The van der Waals surface area contributed by atoms with Crippen molar-refractivity contribution in [2.45, 2.75) is 19.6 Å². The maximum Gasteiger partial charge on any atom is 0.232 e. The first kappa shape index (κ1) is 24.2. The van der Waals surface area contributed by atoms with E-state index in [2.05, 4.69) is 98.1 Å². The summed E-state index contributed by atoms with van der Waals surface area (Å²) in [5, 5.41) is 7.04. The highest BCUT2D eigenvalue weighted by Crippen LogP contribution is 2.30. The summed E-state index contributed by atoms with van der Waals surface area (Å²) in [6.07, 6.45) is 0. The molecule has 1 saturated heterocycles. The van der Waals surface area contributed by atoms with Crippen LogP contribution in [0.3, 0.4) is 0 Å². The first-order valence-electron chi connectivity index (χ1n) is 13.1. The molecular formula is C30H31N7S. The fourth-order valence-electron chi connectivity index (χ4n) is 5.05. The predicted octanol–water partition coefficient (Wildman–Crippen LogP) is 4.81. The van der Waals surface area contributed by atoms with Crippen molar-refractivity contribution in [2.75, 3.05) is 46.2 Å². The molecule has 7 nitrogen and oxygen atoms in total. The van der Waals surface area contributed by atoms with Crippen molar-refractivity contribution >= 4 is 40.6 Å². The number of hydrogen-bond acceptors (Lipinski definition) is 6. The second kappa shape index (κ2) is 11.1. The molecule has 0 bridgehead atoms. The van der Waals surface area contributed by atoms with Crippen LogP contribution in [0.4, 0.5) is 23.3 Å². The number of anilines is 4. The van der Waals surface area contributed by atoms with Gasteiger partial charge in [0.2, 0.25) is 5.95 Å². The predicted molar refractivity (Wildman–Crippen MR) is 159 cm³/mol. The minimum Gasteiger partial charge on any atom is -0.368 e. The second-order valence-corrected chi connectivity index (χ2v) is 10.0. The molecule has 0 spiro atoms. The minimum atomic E-state index is 0.510.